The van der Waals surface area contributed by atoms with Crippen LogP contribution < -0.4 is 5.73 Å². The molecule has 1 saturated heterocycles. The van der Waals surface area contributed by atoms with E-state index in [0.717, 1.165) is 19.6 Å². The van der Waals surface area contributed by atoms with Gasteiger partial charge in [-0.25, -0.2) is 0 Å². The van der Waals surface area contributed by atoms with Crippen molar-refractivity contribution in [2.75, 3.05) is 18.8 Å². The van der Waals surface area contributed by atoms with Crippen molar-refractivity contribution in [1.82, 2.24) is 9.88 Å². The van der Waals surface area contributed by atoms with E-state index in [1.807, 2.05) is 12.4 Å². The first kappa shape index (κ1) is 14.8. The predicted molar refractivity (Wildman–Crippen MR) is 83.3 cm³/mol. The Hall–Kier alpha value is -0.580. The van der Waals surface area contributed by atoms with Gasteiger partial charge in [0.15, 0.2) is 0 Å². The number of hydrogen-bond acceptors (Lipinski definition) is 4. The predicted octanol–water partition coefficient (Wildman–Crippen LogP) is 2.52. The topological polar surface area (TPSA) is 42.2 Å². The minimum Gasteiger partial charge on any atom is -0.329 e. The Morgan fingerprint density at radius 3 is 2.79 bits per heavy atom. The normalized spacial score (nSPS) is 27.7. The molecular weight excluding hydrogens is 254 g/mol. The molecule has 1 aliphatic heterocycles. The number of nitrogens with two attached hydrogens (primary N) is 1. The third-order valence-corrected chi connectivity index (χ3v) is 5.83. The van der Waals surface area contributed by atoms with Gasteiger partial charge in [0.2, 0.25) is 0 Å². The van der Waals surface area contributed by atoms with Crippen molar-refractivity contribution in [2.45, 2.75) is 44.0 Å². The molecule has 0 amide bonds. The number of hydrogen-bond donors (Lipinski definition) is 1. The number of thioether (sulfide) groups is 1. The first-order valence-electron chi connectivity index (χ1n) is 7.18. The van der Waals surface area contributed by atoms with E-state index >= 15 is 0 Å². The van der Waals surface area contributed by atoms with Gasteiger partial charge in [-0.2, -0.15) is 11.8 Å². The minimum atomic E-state index is 0.154. The molecule has 106 valence electrons. The van der Waals surface area contributed by atoms with Crippen LogP contribution in [0, 0.1) is 0 Å². The van der Waals surface area contributed by atoms with Crippen LogP contribution in [0.15, 0.2) is 24.5 Å². The average Bonchev–Trinajstić information content (AvgIpc) is 2.47. The van der Waals surface area contributed by atoms with E-state index in [1.54, 1.807) is 0 Å². The lowest BCUT2D eigenvalue weighted by Gasteiger charge is -2.49. The molecule has 19 heavy (non-hydrogen) atoms. The van der Waals surface area contributed by atoms with Gasteiger partial charge in [0, 0.05) is 36.3 Å². The molecule has 4 heteroatoms. The number of likely N-dealkylation sites (N-methyl/N-ethyl adjacent to an activating group) is 1. The summed E-state index contributed by atoms with van der Waals surface area (Å²) in [6.45, 7) is 7.35. The molecule has 0 saturated carbocycles. The van der Waals surface area contributed by atoms with Gasteiger partial charge in [-0.05, 0) is 42.8 Å². The van der Waals surface area contributed by atoms with Crippen molar-refractivity contribution in [1.29, 1.82) is 0 Å². The van der Waals surface area contributed by atoms with E-state index in [0.29, 0.717) is 5.25 Å². The Balaban J connectivity index is 2.18. The fraction of sp³-hybridized carbons (Fsp3) is 0.667. The van der Waals surface area contributed by atoms with Crippen LogP contribution in [0.4, 0.5) is 0 Å². The molecule has 0 spiro atoms. The number of pyridine rings is 1. The molecule has 0 radical (unpaired) electrons. The zero-order valence-electron chi connectivity index (χ0n) is 12.0. The molecule has 1 aliphatic rings. The summed E-state index contributed by atoms with van der Waals surface area (Å²) in [5.41, 5.74) is 7.67. The summed E-state index contributed by atoms with van der Waals surface area (Å²) in [7, 11) is 0. The summed E-state index contributed by atoms with van der Waals surface area (Å²) in [6.07, 6.45) is 6.24. The van der Waals surface area contributed by atoms with E-state index in [9.17, 15) is 0 Å². The molecule has 1 fully saturated rings. The van der Waals surface area contributed by atoms with Crippen LogP contribution >= 0.6 is 11.8 Å². The molecule has 0 aromatic carbocycles. The van der Waals surface area contributed by atoms with E-state index < -0.39 is 0 Å². The number of rotatable bonds is 5. The van der Waals surface area contributed by atoms with E-state index in [2.05, 4.69) is 47.6 Å². The van der Waals surface area contributed by atoms with Gasteiger partial charge in [0.25, 0.3) is 0 Å². The van der Waals surface area contributed by atoms with Crippen molar-refractivity contribution >= 4 is 11.8 Å². The van der Waals surface area contributed by atoms with Gasteiger partial charge in [-0.1, -0.05) is 13.8 Å². The smallest absolute Gasteiger partial charge is 0.0451 e. The average molecular weight is 279 g/mol. The fourth-order valence-electron chi connectivity index (χ4n) is 3.10. The number of aromatic nitrogens is 1. The van der Waals surface area contributed by atoms with Crippen molar-refractivity contribution in [3.63, 3.8) is 0 Å². The summed E-state index contributed by atoms with van der Waals surface area (Å²) < 4.78 is 0. The molecule has 2 N–H and O–H groups in total. The molecule has 2 heterocycles. The lowest BCUT2D eigenvalue weighted by Crippen LogP contribution is -2.60. The van der Waals surface area contributed by atoms with Crippen LogP contribution in [0.2, 0.25) is 0 Å². The Kier molecular flexibility index (Phi) is 5.25. The van der Waals surface area contributed by atoms with Crippen LogP contribution in [0.3, 0.4) is 0 Å². The molecule has 2 atom stereocenters. The SMILES string of the molecule is CCN(Cc1ccncc1)C1(CN)CCCSC1C. The lowest BCUT2D eigenvalue weighted by molar-refractivity contribution is 0.0795. The monoisotopic (exact) mass is 279 g/mol. The summed E-state index contributed by atoms with van der Waals surface area (Å²) in [5, 5.41) is 0.605. The van der Waals surface area contributed by atoms with E-state index in [1.165, 1.54) is 24.2 Å². The second kappa shape index (κ2) is 6.73. The summed E-state index contributed by atoms with van der Waals surface area (Å²) in [6, 6.07) is 4.21. The molecule has 1 aromatic heterocycles. The van der Waals surface area contributed by atoms with E-state index in [-0.39, 0.29) is 5.54 Å². The molecule has 2 rings (SSSR count). The first-order valence-corrected chi connectivity index (χ1v) is 8.23. The van der Waals surface area contributed by atoms with Gasteiger partial charge >= 0.3 is 0 Å². The molecule has 0 aliphatic carbocycles. The molecule has 3 nitrogen and oxygen atoms in total. The van der Waals surface area contributed by atoms with Crippen LogP contribution in [-0.2, 0) is 6.54 Å². The summed E-state index contributed by atoms with van der Waals surface area (Å²) in [5.74, 6) is 1.27. The molecule has 1 aromatic rings. The molecule has 2 unspecified atom stereocenters. The maximum atomic E-state index is 6.19. The van der Waals surface area contributed by atoms with Crippen LogP contribution in [0.5, 0.6) is 0 Å². The highest BCUT2D eigenvalue weighted by Gasteiger charge is 2.41. The van der Waals surface area contributed by atoms with Crippen molar-refractivity contribution in [3.05, 3.63) is 30.1 Å². The van der Waals surface area contributed by atoms with Crippen molar-refractivity contribution in [3.8, 4) is 0 Å². The highest BCUT2D eigenvalue weighted by atomic mass is 32.2. The largest absolute Gasteiger partial charge is 0.329 e. The highest BCUT2D eigenvalue weighted by Crippen LogP contribution is 2.38. The Bertz CT molecular complexity index is 384. The van der Waals surface area contributed by atoms with Crippen LogP contribution in [0.25, 0.3) is 0 Å². The van der Waals surface area contributed by atoms with Crippen molar-refractivity contribution in [2.24, 2.45) is 5.73 Å². The maximum Gasteiger partial charge on any atom is 0.0451 e. The molecule has 0 bridgehead atoms. The van der Waals surface area contributed by atoms with Crippen LogP contribution in [0.1, 0.15) is 32.3 Å². The highest BCUT2D eigenvalue weighted by molar-refractivity contribution is 8.00. The maximum absolute atomic E-state index is 6.19. The Morgan fingerprint density at radius 2 is 2.21 bits per heavy atom. The van der Waals surface area contributed by atoms with Gasteiger partial charge < -0.3 is 5.73 Å². The van der Waals surface area contributed by atoms with Gasteiger partial charge in [-0.3, -0.25) is 9.88 Å². The van der Waals surface area contributed by atoms with Gasteiger partial charge in [0.1, 0.15) is 0 Å². The Labute approximate surface area is 121 Å². The summed E-state index contributed by atoms with van der Waals surface area (Å²) >= 11 is 2.07. The fourth-order valence-corrected chi connectivity index (χ4v) is 4.44. The zero-order chi connectivity index (χ0) is 13.7. The minimum absolute atomic E-state index is 0.154. The Morgan fingerprint density at radius 1 is 1.47 bits per heavy atom. The van der Waals surface area contributed by atoms with E-state index in [4.69, 9.17) is 5.73 Å². The summed E-state index contributed by atoms with van der Waals surface area (Å²) in [4.78, 5) is 6.66. The first-order chi connectivity index (χ1) is 9.23. The third-order valence-electron chi connectivity index (χ3n) is 4.37. The quantitative estimate of drug-likeness (QED) is 0.899. The van der Waals surface area contributed by atoms with Gasteiger partial charge in [-0.15, -0.1) is 0 Å². The van der Waals surface area contributed by atoms with Crippen LogP contribution in [-0.4, -0.2) is 39.5 Å². The second-order valence-corrected chi connectivity index (χ2v) is 6.74. The standard InChI is InChI=1S/C15H25N3S/c1-3-18(11-14-5-8-17-9-6-14)15(12-16)7-4-10-19-13(15)2/h5-6,8-9,13H,3-4,7,10-12,16H2,1-2H3. The van der Waals surface area contributed by atoms with Crippen molar-refractivity contribution < 1.29 is 0 Å². The third kappa shape index (κ3) is 3.12. The zero-order valence-corrected chi connectivity index (χ0v) is 12.8. The number of nitrogens with zero attached hydrogens (tertiary/aromatic N) is 2. The second-order valence-electron chi connectivity index (χ2n) is 5.29. The lowest BCUT2D eigenvalue weighted by atomic mass is 9.87. The van der Waals surface area contributed by atoms with Gasteiger partial charge in [0.05, 0.1) is 0 Å². The molecular formula is C15H25N3S.